The van der Waals surface area contributed by atoms with Gasteiger partial charge in [-0.05, 0) is 49.2 Å². The largest absolute Gasteiger partial charge is 0.506 e. The van der Waals surface area contributed by atoms with Gasteiger partial charge >= 0.3 is 0 Å². The van der Waals surface area contributed by atoms with Gasteiger partial charge in [0.2, 0.25) is 0 Å². The molecule has 0 saturated carbocycles. The predicted molar refractivity (Wildman–Crippen MR) is 79.6 cm³/mol. The Morgan fingerprint density at radius 2 is 1.95 bits per heavy atom. The van der Waals surface area contributed by atoms with Crippen molar-refractivity contribution in [1.29, 1.82) is 0 Å². The molecule has 5 heteroatoms. The third kappa shape index (κ3) is 3.95. The summed E-state index contributed by atoms with van der Waals surface area (Å²) in [6, 6.07) is 10.4. The lowest BCUT2D eigenvalue weighted by molar-refractivity contribution is 0.0939. The Labute approximate surface area is 122 Å². The minimum atomic E-state index is -0.292. The normalized spacial score (nSPS) is 11.9. The van der Waals surface area contributed by atoms with Crippen LogP contribution in [0.25, 0.3) is 0 Å². The summed E-state index contributed by atoms with van der Waals surface area (Å²) in [4.78, 5) is 12.0. The highest BCUT2D eigenvalue weighted by molar-refractivity contribution is 5.95. The number of aromatic hydroxyl groups is 1. The molecule has 1 atom stereocenters. The molecule has 0 aromatic heterocycles. The SMILES string of the molecule is CC(Cc1ccc(F)cc1)NC(=O)c1ccc(N)c(O)c1. The Morgan fingerprint density at radius 3 is 2.57 bits per heavy atom. The summed E-state index contributed by atoms with van der Waals surface area (Å²) in [5.41, 5.74) is 6.99. The van der Waals surface area contributed by atoms with Crippen molar-refractivity contribution in [2.75, 3.05) is 5.73 Å². The number of hydrogen-bond donors (Lipinski definition) is 3. The second kappa shape index (κ2) is 6.26. The summed E-state index contributed by atoms with van der Waals surface area (Å²) in [7, 11) is 0. The molecule has 21 heavy (non-hydrogen) atoms. The van der Waals surface area contributed by atoms with Gasteiger partial charge in [0.25, 0.3) is 5.91 Å². The van der Waals surface area contributed by atoms with Gasteiger partial charge in [0.15, 0.2) is 0 Å². The van der Waals surface area contributed by atoms with E-state index in [0.29, 0.717) is 12.0 Å². The second-order valence-corrected chi connectivity index (χ2v) is 4.98. The van der Waals surface area contributed by atoms with E-state index in [4.69, 9.17) is 5.73 Å². The summed E-state index contributed by atoms with van der Waals surface area (Å²) in [6.45, 7) is 1.86. The van der Waals surface area contributed by atoms with E-state index in [9.17, 15) is 14.3 Å². The van der Waals surface area contributed by atoms with Crippen molar-refractivity contribution >= 4 is 11.6 Å². The first-order valence-corrected chi connectivity index (χ1v) is 6.59. The first kappa shape index (κ1) is 14.8. The van der Waals surface area contributed by atoms with Crippen molar-refractivity contribution in [2.45, 2.75) is 19.4 Å². The number of phenols is 1. The highest BCUT2D eigenvalue weighted by Crippen LogP contribution is 2.20. The van der Waals surface area contributed by atoms with Crippen molar-refractivity contribution in [2.24, 2.45) is 0 Å². The molecule has 2 aromatic carbocycles. The zero-order valence-electron chi connectivity index (χ0n) is 11.6. The van der Waals surface area contributed by atoms with Gasteiger partial charge in [-0.1, -0.05) is 12.1 Å². The lowest BCUT2D eigenvalue weighted by Gasteiger charge is -2.14. The topological polar surface area (TPSA) is 75.4 Å². The van der Waals surface area contributed by atoms with E-state index >= 15 is 0 Å². The number of amides is 1. The minimum Gasteiger partial charge on any atom is -0.506 e. The molecule has 0 aliphatic heterocycles. The average Bonchev–Trinajstić information content (AvgIpc) is 2.44. The Morgan fingerprint density at radius 1 is 1.29 bits per heavy atom. The van der Waals surface area contributed by atoms with Crippen LogP contribution in [0.5, 0.6) is 5.75 Å². The van der Waals surface area contributed by atoms with Crippen LogP contribution in [0.15, 0.2) is 42.5 Å². The van der Waals surface area contributed by atoms with Crippen LogP contribution < -0.4 is 11.1 Å². The molecular formula is C16H17FN2O2. The molecule has 0 heterocycles. The van der Waals surface area contributed by atoms with Gasteiger partial charge in [0.05, 0.1) is 5.69 Å². The zero-order valence-corrected chi connectivity index (χ0v) is 11.6. The van der Waals surface area contributed by atoms with Crippen molar-refractivity contribution in [1.82, 2.24) is 5.32 Å². The molecule has 0 aliphatic carbocycles. The van der Waals surface area contributed by atoms with E-state index in [1.54, 1.807) is 18.2 Å². The molecule has 0 bridgehead atoms. The molecule has 4 nitrogen and oxygen atoms in total. The van der Waals surface area contributed by atoms with E-state index in [-0.39, 0.29) is 29.2 Å². The standard InChI is InChI=1S/C16H17FN2O2/c1-10(8-11-2-5-13(17)6-3-11)19-16(21)12-4-7-14(18)15(20)9-12/h2-7,9-10,20H,8,18H2,1H3,(H,19,21). The maximum absolute atomic E-state index is 12.8. The number of anilines is 1. The number of hydrogen-bond acceptors (Lipinski definition) is 3. The van der Waals surface area contributed by atoms with Crippen LogP contribution in [0.3, 0.4) is 0 Å². The van der Waals surface area contributed by atoms with Crippen molar-refractivity contribution < 1.29 is 14.3 Å². The number of carbonyl (C=O) groups is 1. The van der Waals surface area contributed by atoms with Gasteiger partial charge in [-0.25, -0.2) is 4.39 Å². The van der Waals surface area contributed by atoms with E-state index in [1.165, 1.54) is 24.3 Å². The van der Waals surface area contributed by atoms with E-state index in [1.807, 2.05) is 6.92 Å². The van der Waals surface area contributed by atoms with Crippen LogP contribution in [0.4, 0.5) is 10.1 Å². The molecular weight excluding hydrogens is 271 g/mol. The van der Waals surface area contributed by atoms with Gasteiger partial charge in [0.1, 0.15) is 11.6 Å². The van der Waals surface area contributed by atoms with Gasteiger partial charge in [-0.15, -0.1) is 0 Å². The number of rotatable bonds is 4. The van der Waals surface area contributed by atoms with Crippen LogP contribution >= 0.6 is 0 Å². The van der Waals surface area contributed by atoms with Crippen LogP contribution in [0.2, 0.25) is 0 Å². The highest BCUT2D eigenvalue weighted by atomic mass is 19.1. The number of halogens is 1. The van der Waals surface area contributed by atoms with Gasteiger partial charge in [-0.2, -0.15) is 0 Å². The summed E-state index contributed by atoms with van der Waals surface area (Å²) in [6.07, 6.45) is 0.590. The van der Waals surface area contributed by atoms with Crippen LogP contribution in [0, 0.1) is 5.82 Å². The van der Waals surface area contributed by atoms with E-state index < -0.39 is 0 Å². The third-order valence-electron chi connectivity index (χ3n) is 3.13. The van der Waals surface area contributed by atoms with Crippen LogP contribution in [-0.4, -0.2) is 17.1 Å². The average molecular weight is 288 g/mol. The van der Waals surface area contributed by atoms with Crippen molar-refractivity contribution in [3.63, 3.8) is 0 Å². The fraction of sp³-hybridized carbons (Fsp3) is 0.188. The number of nitrogen functional groups attached to an aromatic ring is 1. The molecule has 1 unspecified atom stereocenters. The molecule has 0 fully saturated rings. The molecule has 4 N–H and O–H groups in total. The van der Waals surface area contributed by atoms with Crippen LogP contribution in [-0.2, 0) is 6.42 Å². The second-order valence-electron chi connectivity index (χ2n) is 4.98. The maximum Gasteiger partial charge on any atom is 0.251 e. The number of phenolic OH excluding ortho intramolecular Hbond substituents is 1. The van der Waals surface area contributed by atoms with Gasteiger partial charge < -0.3 is 16.2 Å². The molecule has 1 amide bonds. The molecule has 110 valence electrons. The number of benzene rings is 2. The quantitative estimate of drug-likeness (QED) is 0.597. The summed E-state index contributed by atoms with van der Waals surface area (Å²) in [5, 5.41) is 12.3. The maximum atomic E-state index is 12.8. The first-order valence-electron chi connectivity index (χ1n) is 6.59. The van der Waals surface area contributed by atoms with Crippen LogP contribution in [0.1, 0.15) is 22.8 Å². The molecule has 2 rings (SSSR count). The fourth-order valence-electron chi connectivity index (χ4n) is 2.02. The third-order valence-corrected chi connectivity index (χ3v) is 3.13. The van der Waals surface area contributed by atoms with E-state index in [0.717, 1.165) is 5.56 Å². The predicted octanol–water partition coefficient (Wildman–Crippen LogP) is 2.47. The van der Waals surface area contributed by atoms with Crippen molar-refractivity contribution in [3.8, 4) is 5.75 Å². The Kier molecular flexibility index (Phi) is 4.42. The molecule has 0 aliphatic rings. The lowest BCUT2D eigenvalue weighted by Crippen LogP contribution is -2.34. The monoisotopic (exact) mass is 288 g/mol. The zero-order chi connectivity index (χ0) is 15.4. The Balaban J connectivity index is 1.98. The fourth-order valence-corrected chi connectivity index (χ4v) is 2.02. The smallest absolute Gasteiger partial charge is 0.251 e. The van der Waals surface area contributed by atoms with Gasteiger partial charge in [0, 0.05) is 11.6 Å². The molecule has 0 saturated heterocycles. The molecule has 2 aromatic rings. The Hall–Kier alpha value is -2.56. The molecule has 0 radical (unpaired) electrons. The number of nitrogens with one attached hydrogen (secondary N) is 1. The number of nitrogens with two attached hydrogens (primary N) is 1. The number of carbonyl (C=O) groups excluding carboxylic acids is 1. The minimum absolute atomic E-state index is 0.117. The lowest BCUT2D eigenvalue weighted by atomic mass is 10.1. The Bertz CT molecular complexity index is 641. The highest BCUT2D eigenvalue weighted by Gasteiger charge is 2.12. The summed E-state index contributed by atoms with van der Waals surface area (Å²) >= 11 is 0. The van der Waals surface area contributed by atoms with Gasteiger partial charge in [-0.3, -0.25) is 4.79 Å². The molecule has 0 spiro atoms. The van der Waals surface area contributed by atoms with E-state index in [2.05, 4.69) is 5.32 Å². The van der Waals surface area contributed by atoms with Crippen molar-refractivity contribution in [3.05, 3.63) is 59.4 Å². The first-order chi connectivity index (χ1) is 9.95. The summed E-state index contributed by atoms with van der Waals surface area (Å²) < 4.78 is 12.8. The summed E-state index contributed by atoms with van der Waals surface area (Å²) in [5.74, 6) is -0.693.